The lowest BCUT2D eigenvalue weighted by atomic mass is 10.1. The maximum atomic E-state index is 11.4. The molecule has 1 aromatic rings. The van der Waals surface area contributed by atoms with Crippen molar-refractivity contribution in [3.05, 3.63) is 29.6 Å². The van der Waals surface area contributed by atoms with Crippen LogP contribution in [0, 0.1) is 6.92 Å². The standard InChI is InChI=1S/C11H16N2O2/c1-8-4-5-12-6-9(8)7-13-10(14)11(2,3)15/h4-6,15H,7H2,1-3H3,(H,13,14). The Bertz CT molecular complexity index is 356. The minimum absolute atomic E-state index is 0.384. The first-order chi connectivity index (χ1) is 6.91. The van der Waals surface area contributed by atoms with Crippen LogP contribution in [0.3, 0.4) is 0 Å². The van der Waals surface area contributed by atoms with Gasteiger partial charge >= 0.3 is 0 Å². The molecule has 0 aromatic carbocycles. The summed E-state index contributed by atoms with van der Waals surface area (Å²) >= 11 is 0. The van der Waals surface area contributed by atoms with Crippen LogP contribution in [0.15, 0.2) is 18.5 Å². The first kappa shape index (κ1) is 11.7. The smallest absolute Gasteiger partial charge is 0.251 e. The summed E-state index contributed by atoms with van der Waals surface area (Å²) in [4.78, 5) is 15.3. The van der Waals surface area contributed by atoms with E-state index in [-0.39, 0.29) is 5.91 Å². The van der Waals surface area contributed by atoms with E-state index in [1.807, 2.05) is 13.0 Å². The third-order valence-corrected chi connectivity index (χ3v) is 2.14. The van der Waals surface area contributed by atoms with Crippen molar-refractivity contribution in [3.63, 3.8) is 0 Å². The molecule has 0 aliphatic carbocycles. The zero-order valence-electron chi connectivity index (χ0n) is 9.24. The van der Waals surface area contributed by atoms with Crippen LogP contribution in [0.2, 0.25) is 0 Å². The van der Waals surface area contributed by atoms with Crippen LogP contribution in [-0.2, 0) is 11.3 Å². The second-order valence-electron chi connectivity index (χ2n) is 4.04. The summed E-state index contributed by atoms with van der Waals surface area (Å²) in [5.41, 5.74) is 0.687. The van der Waals surface area contributed by atoms with E-state index in [0.717, 1.165) is 11.1 Å². The van der Waals surface area contributed by atoms with Gasteiger partial charge in [0.15, 0.2) is 0 Å². The Kier molecular flexibility index (Phi) is 3.42. The van der Waals surface area contributed by atoms with Gasteiger partial charge in [-0.2, -0.15) is 0 Å². The van der Waals surface area contributed by atoms with Gasteiger partial charge in [-0.15, -0.1) is 0 Å². The van der Waals surface area contributed by atoms with E-state index < -0.39 is 5.60 Å². The fourth-order valence-corrected chi connectivity index (χ4v) is 1.07. The van der Waals surface area contributed by atoms with E-state index in [0.29, 0.717) is 6.54 Å². The molecule has 0 fully saturated rings. The largest absolute Gasteiger partial charge is 0.381 e. The number of aryl methyl sites for hydroxylation is 1. The van der Waals surface area contributed by atoms with Gasteiger partial charge in [0.05, 0.1) is 0 Å². The van der Waals surface area contributed by atoms with Crippen LogP contribution in [0.4, 0.5) is 0 Å². The van der Waals surface area contributed by atoms with E-state index in [1.54, 1.807) is 12.4 Å². The average molecular weight is 208 g/mol. The summed E-state index contributed by atoms with van der Waals surface area (Å²) < 4.78 is 0. The van der Waals surface area contributed by atoms with E-state index in [2.05, 4.69) is 10.3 Å². The molecule has 1 amide bonds. The van der Waals surface area contributed by atoms with Gasteiger partial charge in [0, 0.05) is 18.9 Å². The second kappa shape index (κ2) is 4.40. The number of aromatic nitrogens is 1. The van der Waals surface area contributed by atoms with Crippen LogP contribution in [-0.4, -0.2) is 21.6 Å². The number of nitrogens with zero attached hydrogens (tertiary/aromatic N) is 1. The SMILES string of the molecule is Cc1ccncc1CNC(=O)C(C)(C)O. The minimum Gasteiger partial charge on any atom is -0.381 e. The van der Waals surface area contributed by atoms with Crippen molar-refractivity contribution in [1.29, 1.82) is 0 Å². The summed E-state index contributed by atoms with van der Waals surface area (Å²) in [6, 6.07) is 1.88. The predicted octanol–water partition coefficient (Wildman–Crippen LogP) is 0.777. The molecule has 0 aliphatic rings. The molecular formula is C11H16N2O2. The molecule has 0 radical (unpaired) electrons. The van der Waals surface area contributed by atoms with Crippen LogP contribution in [0.25, 0.3) is 0 Å². The molecule has 15 heavy (non-hydrogen) atoms. The number of hydrogen-bond donors (Lipinski definition) is 2. The number of aliphatic hydroxyl groups is 1. The van der Waals surface area contributed by atoms with Gasteiger partial charge < -0.3 is 10.4 Å². The number of rotatable bonds is 3. The predicted molar refractivity (Wildman–Crippen MR) is 57.1 cm³/mol. The fraction of sp³-hybridized carbons (Fsp3) is 0.455. The maximum absolute atomic E-state index is 11.4. The van der Waals surface area contributed by atoms with Gasteiger partial charge in [-0.1, -0.05) is 0 Å². The molecule has 1 aromatic heterocycles. The Labute approximate surface area is 89.3 Å². The summed E-state index contributed by atoms with van der Waals surface area (Å²) in [6.45, 7) is 5.26. The molecule has 82 valence electrons. The molecule has 0 aliphatic heterocycles. The van der Waals surface area contributed by atoms with Gasteiger partial charge in [-0.05, 0) is 38.0 Å². The molecule has 0 spiro atoms. The van der Waals surface area contributed by atoms with E-state index >= 15 is 0 Å². The second-order valence-corrected chi connectivity index (χ2v) is 4.04. The van der Waals surface area contributed by atoms with Crippen molar-refractivity contribution >= 4 is 5.91 Å². The molecule has 0 bridgehead atoms. The third kappa shape index (κ3) is 3.32. The number of pyridine rings is 1. The van der Waals surface area contributed by atoms with Gasteiger partial charge in [0.2, 0.25) is 0 Å². The number of hydrogen-bond acceptors (Lipinski definition) is 3. The quantitative estimate of drug-likeness (QED) is 0.771. The van der Waals surface area contributed by atoms with Crippen LogP contribution in [0.5, 0.6) is 0 Å². The highest BCUT2D eigenvalue weighted by Crippen LogP contribution is 2.06. The highest BCUT2D eigenvalue weighted by molar-refractivity contribution is 5.83. The zero-order chi connectivity index (χ0) is 11.5. The Morgan fingerprint density at radius 3 is 2.80 bits per heavy atom. The minimum atomic E-state index is -1.34. The molecule has 2 N–H and O–H groups in total. The summed E-state index contributed by atoms with van der Waals surface area (Å²) in [5.74, 6) is -0.384. The highest BCUT2D eigenvalue weighted by atomic mass is 16.3. The Hall–Kier alpha value is -1.42. The normalized spacial score (nSPS) is 11.2. The summed E-state index contributed by atoms with van der Waals surface area (Å²) in [7, 11) is 0. The Morgan fingerprint density at radius 1 is 1.60 bits per heavy atom. The van der Waals surface area contributed by atoms with Gasteiger partial charge in [0.25, 0.3) is 5.91 Å². The average Bonchev–Trinajstić information content (AvgIpc) is 2.14. The number of carbonyl (C=O) groups excluding carboxylic acids is 1. The van der Waals surface area contributed by atoms with Crippen LogP contribution in [0.1, 0.15) is 25.0 Å². The van der Waals surface area contributed by atoms with Crippen molar-refractivity contribution in [3.8, 4) is 0 Å². The van der Waals surface area contributed by atoms with E-state index in [1.165, 1.54) is 13.8 Å². The summed E-state index contributed by atoms with van der Waals surface area (Å²) in [5, 5.41) is 12.1. The monoisotopic (exact) mass is 208 g/mol. The van der Waals surface area contributed by atoms with Crippen molar-refractivity contribution < 1.29 is 9.90 Å². The maximum Gasteiger partial charge on any atom is 0.251 e. The van der Waals surface area contributed by atoms with Crippen LogP contribution >= 0.6 is 0 Å². The van der Waals surface area contributed by atoms with E-state index in [4.69, 9.17) is 0 Å². The first-order valence-corrected chi connectivity index (χ1v) is 4.81. The fourth-order valence-electron chi connectivity index (χ4n) is 1.07. The van der Waals surface area contributed by atoms with Crippen molar-refractivity contribution in [2.45, 2.75) is 32.9 Å². The number of carbonyl (C=O) groups is 1. The molecule has 4 nitrogen and oxygen atoms in total. The molecule has 1 heterocycles. The molecule has 0 saturated heterocycles. The van der Waals surface area contributed by atoms with Crippen molar-refractivity contribution in [2.75, 3.05) is 0 Å². The zero-order valence-corrected chi connectivity index (χ0v) is 9.24. The molecular weight excluding hydrogens is 192 g/mol. The third-order valence-electron chi connectivity index (χ3n) is 2.14. The molecule has 0 saturated carbocycles. The Morgan fingerprint density at radius 2 is 2.27 bits per heavy atom. The van der Waals surface area contributed by atoms with Gasteiger partial charge in [-0.25, -0.2) is 0 Å². The highest BCUT2D eigenvalue weighted by Gasteiger charge is 2.23. The van der Waals surface area contributed by atoms with Gasteiger partial charge in [0.1, 0.15) is 5.60 Å². The topological polar surface area (TPSA) is 62.2 Å². The lowest BCUT2D eigenvalue weighted by molar-refractivity contribution is -0.136. The lowest BCUT2D eigenvalue weighted by Gasteiger charge is -2.16. The number of amides is 1. The molecule has 4 heteroatoms. The van der Waals surface area contributed by atoms with Gasteiger partial charge in [-0.3, -0.25) is 9.78 Å². The lowest BCUT2D eigenvalue weighted by Crippen LogP contribution is -2.41. The molecule has 1 rings (SSSR count). The Balaban J connectivity index is 2.59. The molecule has 0 unspecified atom stereocenters. The van der Waals surface area contributed by atoms with Crippen molar-refractivity contribution in [2.24, 2.45) is 0 Å². The van der Waals surface area contributed by atoms with Crippen LogP contribution < -0.4 is 5.32 Å². The first-order valence-electron chi connectivity index (χ1n) is 4.81. The number of nitrogens with one attached hydrogen (secondary N) is 1. The molecule has 0 atom stereocenters. The van der Waals surface area contributed by atoms with E-state index in [9.17, 15) is 9.90 Å². The summed E-state index contributed by atoms with van der Waals surface area (Å²) in [6.07, 6.45) is 3.41. The van der Waals surface area contributed by atoms with Crippen molar-refractivity contribution in [1.82, 2.24) is 10.3 Å².